The van der Waals surface area contributed by atoms with Crippen molar-refractivity contribution in [1.29, 1.82) is 0 Å². The minimum absolute atomic E-state index is 0.281. The summed E-state index contributed by atoms with van der Waals surface area (Å²) in [6, 6.07) is 0. The largest absolute Gasteiger partial charge is 0.275 e. The molecule has 0 saturated heterocycles. The lowest BCUT2D eigenvalue weighted by atomic mass is 10.8. The van der Waals surface area contributed by atoms with Gasteiger partial charge in [-0.3, -0.25) is 10.0 Å². The zero-order valence-corrected chi connectivity index (χ0v) is 4.09. The van der Waals surface area contributed by atoms with E-state index in [1.54, 1.807) is 6.92 Å². The number of nitrogens with one attached hydrogen (secondary N) is 1. The maximum Gasteiger partial charge on any atom is 0.248 e. The molecule has 0 aromatic rings. The Kier molecular flexibility index (Phi) is 3.26. The van der Waals surface area contributed by atoms with Crippen molar-refractivity contribution in [3.05, 3.63) is 0 Å². The van der Waals surface area contributed by atoms with Crippen LogP contribution < -0.4 is 5.43 Å². The molecule has 0 unspecified atom stereocenters. The first-order valence-electron chi connectivity index (χ1n) is 1.98. The summed E-state index contributed by atoms with van der Waals surface area (Å²) < 4.78 is 0. The minimum atomic E-state index is 0.281. The highest BCUT2D eigenvalue weighted by atomic mass is 16.5. The number of hydrogen-bond donors (Lipinski definition) is 2. The first-order valence-corrected chi connectivity index (χ1v) is 1.98. The predicted octanol–water partition coefficient (Wildman–Crippen LogP) is -0.641. The summed E-state index contributed by atoms with van der Waals surface area (Å²) in [5.41, 5.74) is 2.32. The number of carbonyl (C=O) groups is 1. The predicted molar refractivity (Wildman–Crippen MR) is 23.4 cm³/mol. The first kappa shape index (κ1) is 6.39. The lowest BCUT2D eigenvalue weighted by molar-refractivity contribution is -0.163. The molecule has 0 spiro atoms. The number of rotatable bonds is 3. The molecule has 4 heteroatoms. The fourth-order valence-electron chi connectivity index (χ4n) is 0.199. The van der Waals surface area contributed by atoms with E-state index in [1.165, 1.54) is 0 Å². The molecule has 42 valence electrons. The van der Waals surface area contributed by atoms with Gasteiger partial charge in [0.1, 0.15) is 0 Å². The molecule has 0 fully saturated rings. The molecular formula is C3H8N2O2. The molecule has 0 aromatic carbocycles. The highest BCUT2D eigenvalue weighted by Crippen LogP contribution is 1.58. The summed E-state index contributed by atoms with van der Waals surface area (Å²) in [4.78, 5) is 9.51. The monoisotopic (exact) mass is 104 g/mol. The highest BCUT2D eigenvalue weighted by molar-refractivity contribution is 5.43. The van der Waals surface area contributed by atoms with Gasteiger partial charge >= 0.3 is 0 Å². The molecule has 4 nitrogen and oxygen atoms in total. The van der Waals surface area contributed by atoms with Crippen molar-refractivity contribution in [3.8, 4) is 0 Å². The van der Waals surface area contributed by atoms with Gasteiger partial charge in [-0.25, -0.2) is 5.43 Å². The standard InChI is InChI=1S/C3H8N2O2/c1-2-4-5(7)3-6/h3-4,7H,2H2,1H3. The van der Waals surface area contributed by atoms with Gasteiger partial charge < -0.3 is 0 Å². The molecule has 0 rings (SSSR count). The molecule has 1 amide bonds. The molecule has 2 N–H and O–H groups in total. The summed E-state index contributed by atoms with van der Waals surface area (Å²) >= 11 is 0. The summed E-state index contributed by atoms with van der Waals surface area (Å²) in [6.45, 7) is 2.31. The Morgan fingerprint density at radius 3 is 2.71 bits per heavy atom. The number of amides is 1. The van der Waals surface area contributed by atoms with Crippen LogP contribution in [-0.2, 0) is 4.79 Å². The van der Waals surface area contributed by atoms with E-state index >= 15 is 0 Å². The smallest absolute Gasteiger partial charge is 0.248 e. The van der Waals surface area contributed by atoms with Crippen molar-refractivity contribution in [2.75, 3.05) is 6.54 Å². The normalized spacial score (nSPS) is 8.29. The van der Waals surface area contributed by atoms with Crippen LogP contribution in [0.25, 0.3) is 0 Å². The van der Waals surface area contributed by atoms with E-state index in [9.17, 15) is 4.79 Å². The third-order valence-corrected chi connectivity index (χ3v) is 0.420. The highest BCUT2D eigenvalue weighted by Gasteiger charge is 1.84. The molecule has 0 bridgehead atoms. The van der Waals surface area contributed by atoms with Crippen molar-refractivity contribution >= 4 is 6.41 Å². The van der Waals surface area contributed by atoms with Crippen molar-refractivity contribution < 1.29 is 10.0 Å². The Morgan fingerprint density at radius 1 is 2.00 bits per heavy atom. The van der Waals surface area contributed by atoms with Crippen molar-refractivity contribution in [3.63, 3.8) is 0 Å². The molecule has 0 atom stereocenters. The molecule has 0 aliphatic carbocycles. The molecule has 7 heavy (non-hydrogen) atoms. The Morgan fingerprint density at radius 2 is 2.57 bits per heavy atom. The van der Waals surface area contributed by atoms with Crippen LogP contribution in [0.15, 0.2) is 0 Å². The minimum Gasteiger partial charge on any atom is -0.275 e. The summed E-state index contributed by atoms with van der Waals surface area (Å²) in [5, 5.41) is 8.59. The van der Waals surface area contributed by atoms with E-state index in [2.05, 4.69) is 5.43 Å². The van der Waals surface area contributed by atoms with Gasteiger partial charge in [-0.2, -0.15) is 5.17 Å². The lowest BCUT2D eigenvalue weighted by Crippen LogP contribution is -2.33. The number of hydrogen-bond acceptors (Lipinski definition) is 3. The van der Waals surface area contributed by atoms with Gasteiger partial charge in [0.15, 0.2) is 0 Å². The average molecular weight is 104 g/mol. The van der Waals surface area contributed by atoms with Crippen molar-refractivity contribution in [2.45, 2.75) is 6.92 Å². The molecule has 0 saturated carbocycles. The molecule has 0 radical (unpaired) electrons. The maximum atomic E-state index is 9.51. The van der Waals surface area contributed by atoms with Crippen LogP contribution in [0.4, 0.5) is 0 Å². The van der Waals surface area contributed by atoms with Gasteiger partial charge in [-0.05, 0) is 0 Å². The maximum absolute atomic E-state index is 9.51. The molecule has 0 aromatic heterocycles. The Bertz CT molecular complexity index is 56.9. The molecule has 0 aliphatic heterocycles. The number of nitrogens with zero attached hydrogens (tertiary/aromatic N) is 1. The SMILES string of the molecule is CCNN(O)C=O. The Hall–Kier alpha value is -0.610. The summed E-state index contributed by atoms with van der Waals surface area (Å²) in [7, 11) is 0. The third-order valence-electron chi connectivity index (χ3n) is 0.420. The molecule has 0 aliphatic rings. The van der Waals surface area contributed by atoms with Gasteiger partial charge in [0.05, 0.1) is 0 Å². The van der Waals surface area contributed by atoms with E-state index in [1.807, 2.05) is 0 Å². The van der Waals surface area contributed by atoms with Gasteiger partial charge in [-0.15, -0.1) is 0 Å². The van der Waals surface area contributed by atoms with Crippen LogP contribution in [0.5, 0.6) is 0 Å². The van der Waals surface area contributed by atoms with E-state index in [0.717, 1.165) is 0 Å². The fourth-order valence-corrected chi connectivity index (χ4v) is 0.199. The number of hydroxylamine groups is 1. The average Bonchev–Trinajstić information content (AvgIpc) is 1.68. The van der Waals surface area contributed by atoms with Gasteiger partial charge in [-0.1, -0.05) is 6.92 Å². The van der Waals surface area contributed by atoms with Crippen molar-refractivity contribution in [1.82, 2.24) is 10.6 Å². The topological polar surface area (TPSA) is 52.6 Å². The molecule has 0 heterocycles. The molecular weight excluding hydrogens is 96.0 g/mol. The Balaban J connectivity index is 2.98. The van der Waals surface area contributed by atoms with Crippen LogP contribution >= 0.6 is 0 Å². The second kappa shape index (κ2) is 3.58. The van der Waals surface area contributed by atoms with E-state index in [4.69, 9.17) is 5.21 Å². The summed E-state index contributed by atoms with van der Waals surface area (Å²) in [5.74, 6) is 0. The first-order chi connectivity index (χ1) is 3.31. The van der Waals surface area contributed by atoms with Crippen LogP contribution in [0.2, 0.25) is 0 Å². The van der Waals surface area contributed by atoms with E-state index in [-0.39, 0.29) is 6.41 Å². The number of carbonyl (C=O) groups excluding carboxylic acids is 1. The summed E-state index contributed by atoms with van der Waals surface area (Å²) in [6.07, 6.45) is 0.281. The van der Waals surface area contributed by atoms with Crippen LogP contribution in [-0.4, -0.2) is 23.3 Å². The van der Waals surface area contributed by atoms with E-state index < -0.39 is 0 Å². The Labute approximate surface area is 41.7 Å². The lowest BCUT2D eigenvalue weighted by Gasteiger charge is -2.05. The van der Waals surface area contributed by atoms with Gasteiger partial charge in [0.2, 0.25) is 6.41 Å². The second-order valence-electron chi connectivity index (χ2n) is 0.962. The number of hydrazine groups is 1. The second-order valence-corrected chi connectivity index (χ2v) is 0.962. The van der Waals surface area contributed by atoms with E-state index in [0.29, 0.717) is 11.7 Å². The zero-order valence-electron chi connectivity index (χ0n) is 4.09. The third kappa shape index (κ3) is 3.21. The van der Waals surface area contributed by atoms with Crippen LogP contribution in [0.1, 0.15) is 6.92 Å². The van der Waals surface area contributed by atoms with Gasteiger partial charge in [0.25, 0.3) is 0 Å². The van der Waals surface area contributed by atoms with Crippen LogP contribution in [0.3, 0.4) is 0 Å². The quantitative estimate of drug-likeness (QED) is 0.284. The van der Waals surface area contributed by atoms with Crippen LogP contribution in [0, 0.1) is 0 Å². The van der Waals surface area contributed by atoms with Crippen molar-refractivity contribution in [2.24, 2.45) is 0 Å². The van der Waals surface area contributed by atoms with Gasteiger partial charge in [0, 0.05) is 6.54 Å². The zero-order chi connectivity index (χ0) is 5.70. The fraction of sp³-hybridized carbons (Fsp3) is 0.667.